The highest BCUT2D eigenvalue weighted by molar-refractivity contribution is 7.92. The lowest BCUT2D eigenvalue weighted by Gasteiger charge is -2.08. The number of carboxylic acids is 1. The molecule has 9 heteroatoms. The molecule has 0 aliphatic rings. The predicted molar refractivity (Wildman–Crippen MR) is 62.0 cm³/mol. The summed E-state index contributed by atoms with van der Waals surface area (Å²) in [4.78, 5) is 8.92. The summed E-state index contributed by atoms with van der Waals surface area (Å²) >= 11 is 0.496. The van der Waals surface area contributed by atoms with Gasteiger partial charge < -0.3 is 5.11 Å². The van der Waals surface area contributed by atoms with Crippen molar-refractivity contribution in [1.82, 2.24) is 0 Å². The molecule has 0 saturated heterocycles. The molecule has 2 aromatic rings. The van der Waals surface area contributed by atoms with Crippen LogP contribution in [-0.4, -0.2) is 25.0 Å². The van der Waals surface area contributed by atoms with Crippen molar-refractivity contribution < 1.29 is 31.5 Å². The van der Waals surface area contributed by atoms with E-state index < -0.39 is 31.1 Å². The molecule has 0 bridgehead atoms. The van der Waals surface area contributed by atoms with Crippen molar-refractivity contribution in [2.45, 2.75) is 10.4 Å². The third-order valence-electron chi connectivity index (χ3n) is 2.32. The highest BCUT2D eigenvalue weighted by Crippen LogP contribution is 2.40. The van der Waals surface area contributed by atoms with Gasteiger partial charge in [0.2, 0.25) is 0 Å². The third kappa shape index (κ3) is 2.08. The van der Waals surface area contributed by atoms with E-state index in [1.54, 1.807) is 0 Å². The van der Waals surface area contributed by atoms with Crippen LogP contribution in [0.5, 0.6) is 0 Å². The van der Waals surface area contributed by atoms with Gasteiger partial charge in [0.25, 0.3) is 9.84 Å². The number of halogens is 3. The number of hydrogen-bond donors (Lipinski definition) is 1. The van der Waals surface area contributed by atoms with Crippen molar-refractivity contribution in [1.29, 1.82) is 0 Å². The fourth-order valence-corrected chi connectivity index (χ4v) is 4.03. The largest absolute Gasteiger partial charge is 0.501 e. The number of hydrogen-bond acceptors (Lipinski definition) is 4. The topological polar surface area (TPSA) is 71.4 Å². The van der Waals surface area contributed by atoms with E-state index in [1.807, 2.05) is 0 Å². The molecule has 0 spiro atoms. The van der Waals surface area contributed by atoms with Gasteiger partial charge in [0.15, 0.2) is 0 Å². The normalized spacial score (nSPS) is 12.8. The Labute approximate surface area is 109 Å². The molecule has 4 nitrogen and oxygen atoms in total. The highest BCUT2D eigenvalue weighted by atomic mass is 32.2. The minimum atomic E-state index is -5.71. The fourth-order valence-electron chi connectivity index (χ4n) is 1.55. The number of sulfone groups is 1. The van der Waals surface area contributed by atoms with E-state index in [4.69, 9.17) is 5.11 Å². The summed E-state index contributed by atoms with van der Waals surface area (Å²) in [6.07, 6.45) is 0. The number of benzene rings is 1. The van der Waals surface area contributed by atoms with Gasteiger partial charge >= 0.3 is 11.5 Å². The quantitative estimate of drug-likeness (QED) is 0.926. The van der Waals surface area contributed by atoms with Crippen molar-refractivity contribution >= 4 is 37.2 Å². The molecule has 0 atom stereocenters. The van der Waals surface area contributed by atoms with E-state index in [1.165, 1.54) is 18.2 Å². The molecule has 1 aromatic heterocycles. The minimum absolute atomic E-state index is 0.169. The Balaban J connectivity index is 2.93. The van der Waals surface area contributed by atoms with E-state index in [9.17, 15) is 26.4 Å². The molecule has 0 unspecified atom stereocenters. The van der Waals surface area contributed by atoms with Crippen LogP contribution in [0, 0.1) is 0 Å². The number of thiophene rings is 1. The van der Waals surface area contributed by atoms with Crippen molar-refractivity contribution in [3.8, 4) is 0 Å². The van der Waals surface area contributed by atoms with Crippen molar-refractivity contribution in [3.63, 3.8) is 0 Å². The molecule has 0 aliphatic heterocycles. The first-order chi connectivity index (χ1) is 8.66. The molecule has 102 valence electrons. The summed E-state index contributed by atoms with van der Waals surface area (Å²) in [7, 11) is -5.71. The maximum Gasteiger partial charge on any atom is 0.501 e. The van der Waals surface area contributed by atoms with Gasteiger partial charge in [0.1, 0.15) is 9.77 Å². The summed E-state index contributed by atoms with van der Waals surface area (Å²) < 4.78 is 60.9. The van der Waals surface area contributed by atoms with E-state index in [-0.39, 0.29) is 10.1 Å². The molecule has 1 N–H and O–H groups in total. The summed E-state index contributed by atoms with van der Waals surface area (Å²) in [5, 5.41) is 8.64. The molecule has 1 heterocycles. The van der Waals surface area contributed by atoms with Gasteiger partial charge in [-0.25, -0.2) is 13.2 Å². The lowest BCUT2D eigenvalue weighted by molar-refractivity contribution is -0.0435. The Kier molecular flexibility index (Phi) is 3.06. The van der Waals surface area contributed by atoms with Crippen LogP contribution in [-0.2, 0) is 9.84 Å². The van der Waals surface area contributed by atoms with Crippen LogP contribution in [0.15, 0.2) is 29.2 Å². The Hall–Kier alpha value is -1.61. The molecule has 0 amide bonds. The molecular formula is C10H5F3O4S2. The zero-order valence-corrected chi connectivity index (χ0v) is 10.6. The van der Waals surface area contributed by atoms with Gasteiger partial charge in [-0.05, 0) is 6.07 Å². The van der Waals surface area contributed by atoms with Gasteiger partial charge in [0.05, 0.1) is 0 Å². The summed E-state index contributed by atoms with van der Waals surface area (Å²) in [5.41, 5.74) is -5.54. The molecule has 1 aromatic carbocycles. The van der Waals surface area contributed by atoms with E-state index >= 15 is 0 Å². The molecule has 19 heavy (non-hydrogen) atoms. The number of rotatable bonds is 2. The number of aromatic carboxylic acids is 1. The zero-order valence-electron chi connectivity index (χ0n) is 8.93. The third-order valence-corrected chi connectivity index (χ3v) is 5.18. The summed E-state index contributed by atoms with van der Waals surface area (Å²) in [5.74, 6) is -1.70. The van der Waals surface area contributed by atoms with Crippen LogP contribution in [0.25, 0.3) is 10.1 Å². The second kappa shape index (κ2) is 4.20. The molecular weight excluding hydrogens is 305 g/mol. The van der Waals surface area contributed by atoms with Gasteiger partial charge in [-0.3, -0.25) is 0 Å². The summed E-state index contributed by atoms with van der Waals surface area (Å²) in [6.45, 7) is 0. The Morgan fingerprint density at radius 2 is 1.79 bits per heavy atom. The average molecular weight is 310 g/mol. The molecule has 0 fully saturated rings. The van der Waals surface area contributed by atoms with Gasteiger partial charge in [0, 0.05) is 10.1 Å². The Morgan fingerprint density at radius 1 is 1.21 bits per heavy atom. The van der Waals surface area contributed by atoms with Crippen LogP contribution >= 0.6 is 11.3 Å². The standard InChI is InChI=1S/C10H5F3O4S2/c11-10(12,13)19(16,17)8-5-3-1-2-4-6(5)18-7(8)9(14)15/h1-4H,(H,14,15). The minimum Gasteiger partial charge on any atom is -0.477 e. The Morgan fingerprint density at radius 3 is 2.32 bits per heavy atom. The lowest BCUT2D eigenvalue weighted by atomic mass is 10.2. The van der Waals surface area contributed by atoms with E-state index in [2.05, 4.69) is 0 Å². The predicted octanol–water partition coefficient (Wildman–Crippen LogP) is 2.89. The Bertz CT molecular complexity index is 759. The SMILES string of the molecule is O=C(O)c1sc2ccccc2c1S(=O)(=O)C(F)(F)F. The lowest BCUT2D eigenvalue weighted by Crippen LogP contribution is -2.24. The van der Waals surface area contributed by atoms with Crippen molar-refractivity contribution in [3.05, 3.63) is 29.1 Å². The first-order valence-corrected chi connectivity index (χ1v) is 7.02. The van der Waals surface area contributed by atoms with Crippen LogP contribution in [0.1, 0.15) is 9.67 Å². The number of carboxylic acid groups (broad SMARTS) is 1. The van der Waals surface area contributed by atoms with Crippen LogP contribution in [0.2, 0.25) is 0 Å². The second-order valence-electron chi connectivity index (χ2n) is 3.51. The van der Waals surface area contributed by atoms with Crippen molar-refractivity contribution in [2.75, 3.05) is 0 Å². The fraction of sp³-hybridized carbons (Fsp3) is 0.100. The number of fused-ring (bicyclic) bond motifs is 1. The van der Waals surface area contributed by atoms with Crippen LogP contribution in [0.4, 0.5) is 13.2 Å². The van der Waals surface area contributed by atoms with Crippen LogP contribution < -0.4 is 0 Å². The smallest absolute Gasteiger partial charge is 0.477 e. The van der Waals surface area contributed by atoms with Gasteiger partial charge in [-0.2, -0.15) is 13.2 Å². The number of carbonyl (C=O) groups is 1. The van der Waals surface area contributed by atoms with Gasteiger partial charge in [-0.15, -0.1) is 11.3 Å². The van der Waals surface area contributed by atoms with Crippen molar-refractivity contribution in [2.24, 2.45) is 0 Å². The molecule has 0 saturated carbocycles. The molecule has 2 rings (SSSR count). The first kappa shape index (κ1) is 13.8. The van der Waals surface area contributed by atoms with Crippen LogP contribution in [0.3, 0.4) is 0 Å². The van der Waals surface area contributed by atoms with E-state index in [0.717, 1.165) is 6.07 Å². The second-order valence-corrected chi connectivity index (χ2v) is 6.44. The highest BCUT2D eigenvalue weighted by Gasteiger charge is 2.50. The number of alkyl halides is 3. The first-order valence-electron chi connectivity index (χ1n) is 4.72. The van der Waals surface area contributed by atoms with E-state index in [0.29, 0.717) is 11.3 Å². The summed E-state index contributed by atoms with van der Waals surface area (Å²) in [6, 6.07) is 5.34. The zero-order chi connectivity index (χ0) is 14.4. The maximum atomic E-state index is 12.6. The molecule has 0 radical (unpaired) electrons. The molecule has 0 aliphatic carbocycles. The van der Waals surface area contributed by atoms with Gasteiger partial charge in [-0.1, -0.05) is 18.2 Å². The monoisotopic (exact) mass is 310 g/mol. The average Bonchev–Trinajstić information content (AvgIpc) is 2.66. The maximum absolute atomic E-state index is 12.6.